The lowest BCUT2D eigenvalue weighted by Crippen LogP contribution is -2.24. The van der Waals surface area contributed by atoms with Gasteiger partial charge in [-0.2, -0.15) is 0 Å². The van der Waals surface area contributed by atoms with E-state index >= 15 is 0 Å². The first kappa shape index (κ1) is 19.5. The predicted molar refractivity (Wildman–Crippen MR) is 108 cm³/mol. The molecule has 0 aromatic heterocycles. The first-order chi connectivity index (χ1) is 13.3. The highest BCUT2D eigenvalue weighted by Crippen LogP contribution is 2.55. The lowest BCUT2D eigenvalue weighted by atomic mass is 9.73. The molecule has 146 valence electrons. The fourth-order valence-electron chi connectivity index (χ4n) is 4.30. The van der Waals surface area contributed by atoms with Gasteiger partial charge in [-0.25, -0.2) is 0 Å². The number of benzene rings is 2. The SMILES string of the molecule is CCC1(CC)c2cc(/C(C)=N/O)ccc2-c2c([N+](=O)[O-])cc(/C(C)=N/O)cc21. The Morgan fingerprint density at radius 3 is 2.11 bits per heavy atom. The van der Waals surface area contributed by atoms with Gasteiger partial charge in [-0.3, -0.25) is 10.1 Å². The predicted octanol–water partition coefficient (Wildman–Crippen LogP) is 5.08. The van der Waals surface area contributed by atoms with Crippen molar-refractivity contribution in [1.29, 1.82) is 0 Å². The van der Waals surface area contributed by atoms with Crippen LogP contribution >= 0.6 is 0 Å². The summed E-state index contributed by atoms with van der Waals surface area (Å²) in [6.07, 6.45) is 1.50. The Morgan fingerprint density at radius 2 is 1.57 bits per heavy atom. The molecule has 0 saturated heterocycles. The number of hydrogen-bond donors (Lipinski definition) is 2. The van der Waals surface area contributed by atoms with Crippen LogP contribution in [0.25, 0.3) is 11.1 Å². The summed E-state index contributed by atoms with van der Waals surface area (Å²) < 4.78 is 0. The van der Waals surface area contributed by atoms with E-state index in [9.17, 15) is 15.3 Å². The zero-order valence-corrected chi connectivity index (χ0v) is 16.4. The topological polar surface area (TPSA) is 108 Å². The molecule has 1 aliphatic rings. The van der Waals surface area contributed by atoms with Gasteiger partial charge >= 0.3 is 0 Å². The summed E-state index contributed by atoms with van der Waals surface area (Å²) >= 11 is 0. The molecule has 0 saturated carbocycles. The Hall–Kier alpha value is -3.22. The van der Waals surface area contributed by atoms with Crippen LogP contribution in [0.15, 0.2) is 40.6 Å². The van der Waals surface area contributed by atoms with E-state index in [1.807, 2.05) is 24.3 Å². The van der Waals surface area contributed by atoms with Crippen LogP contribution in [0.4, 0.5) is 5.69 Å². The summed E-state index contributed by atoms with van der Waals surface area (Å²) in [5.41, 5.74) is 5.01. The van der Waals surface area contributed by atoms with Gasteiger partial charge in [0.2, 0.25) is 0 Å². The molecule has 7 nitrogen and oxygen atoms in total. The van der Waals surface area contributed by atoms with Gasteiger partial charge in [-0.15, -0.1) is 0 Å². The van der Waals surface area contributed by atoms with Crippen molar-refractivity contribution in [3.63, 3.8) is 0 Å². The van der Waals surface area contributed by atoms with E-state index in [-0.39, 0.29) is 10.6 Å². The Balaban J connectivity index is 2.44. The summed E-state index contributed by atoms with van der Waals surface area (Å²) in [6, 6.07) is 9.01. The smallest absolute Gasteiger partial charge is 0.278 e. The highest BCUT2D eigenvalue weighted by atomic mass is 16.6. The number of nitrogens with zero attached hydrogens (tertiary/aromatic N) is 3. The lowest BCUT2D eigenvalue weighted by Gasteiger charge is -2.30. The monoisotopic (exact) mass is 381 g/mol. The molecular formula is C21H23N3O4. The van der Waals surface area contributed by atoms with Gasteiger partial charge in [0.05, 0.1) is 21.9 Å². The van der Waals surface area contributed by atoms with E-state index in [1.165, 1.54) is 6.07 Å². The van der Waals surface area contributed by atoms with Crippen molar-refractivity contribution in [2.45, 2.75) is 46.0 Å². The molecule has 0 amide bonds. The molecule has 3 rings (SSSR count). The molecule has 2 aromatic rings. The van der Waals surface area contributed by atoms with Gasteiger partial charge in [-0.05, 0) is 61.1 Å². The van der Waals surface area contributed by atoms with Gasteiger partial charge < -0.3 is 10.4 Å². The van der Waals surface area contributed by atoms with Crippen LogP contribution < -0.4 is 0 Å². The van der Waals surface area contributed by atoms with E-state index in [0.29, 0.717) is 22.6 Å². The summed E-state index contributed by atoms with van der Waals surface area (Å²) in [5.74, 6) is 0. The number of rotatable bonds is 5. The third-order valence-corrected chi connectivity index (χ3v) is 5.98. The zero-order valence-electron chi connectivity index (χ0n) is 16.4. The van der Waals surface area contributed by atoms with Crippen molar-refractivity contribution < 1.29 is 15.3 Å². The number of hydrogen-bond acceptors (Lipinski definition) is 6. The summed E-state index contributed by atoms with van der Waals surface area (Å²) in [4.78, 5) is 11.5. The van der Waals surface area contributed by atoms with Crippen LogP contribution in [0, 0.1) is 10.1 Å². The van der Waals surface area contributed by atoms with Crippen molar-refractivity contribution in [3.8, 4) is 11.1 Å². The molecule has 2 aromatic carbocycles. The van der Waals surface area contributed by atoms with Crippen molar-refractivity contribution in [3.05, 3.63) is 62.7 Å². The maximum atomic E-state index is 11.9. The van der Waals surface area contributed by atoms with Crippen LogP contribution in [0.2, 0.25) is 0 Å². The minimum Gasteiger partial charge on any atom is -0.411 e. The van der Waals surface area contributed by atoms with Crippen LogP contribution in [0.3, 0.4) is 0 Å². The summed E-state index contributed by atoms with van der Waals surface area (Å²) in [5, 5.41) is 36.8. The second kappa shape index (κ2) is 7.07. The Bertz CT molecular complexity index is 1020. The summed E-state index contributed by atoms with van der Waals surface area (Å²) in [6.45, 7) is 7.46. The highest BCUT2D eigenvalue weighted by molar-refractivity contribution is 6.03. The molecule has 2 N–H and O–H groups in total. The Kier molecular flexibility index (Phi) is 4.93. The minimum absolute atomic E-state index is 0.000761. The van der Waals surface area contributed by atoms with Crippen molar-refractivity contribution in [1.82, 2.24) is 0 Å². The zero-order chi connectivity index (χ0) is 20.6. The van der Waals surface area contributed by atoms with Gasteiger partial charge in [0.15, 0.2) is 0 Å². The number of oxime groups is 2. The van der Waals surface area contributed by atoms with Gasteiger partial charge in [0.25, 0.3) is 5.69 Å². The van der Waals surface area contributed by atoms with Gasteiger partial charge in [-0.1, -0.05) is 36.3 Å². The maximum Gasteiger partial charge on any atom is 0.278 e. The van der Waals surface area contributed by atoms with Crippen LogP contribution in [0.1, 0.15) is 62.8 Å². The molecule has 0 atom stereocenters. The normalized spacial score (nSPS) is 15.3. The quantitative estimate of drug-likeness (QED) is 0.326. The Morgan fingerprint density at radius 1 is 1.00 bits per heavy atom. The van der Waals surface area contributed by atoms with Crippen molar-refractivity contribution in [2.75, 3.05) is 0 Å². The number of fused-ring (bicyclic) bond motifs is 3. The second-order valence-corrected chi connectivity index (χ2v) is 7.10. The molecule has 7 heteroatoms. The number of nitro benzene ring substituents is 1. The van der Waals surface area contributed by atoms with E-state index in [0.717, 1.165) is 35.1 Å². The fraction of sp³-hybridized carbons (Fsp3) is 0.333. The third kappa shape index (κ3) is 2.66. The Labute approximate surface area is 163 Å². The first-order valence-corrected chi connectivity index (χ1v) is 9.20. The fourth-order valence-corrected chi connectivity index (χ4v) is 4.30. The second-order valence-electron chi connectivity index (χ2n) is 7.10. The lowest BCUT2D eigenvalue weighted by molar-refractivity contribution is -0.384. The van der Waals surface area contributed by atoms with Crippen LogP contribution in [-0.2, 0) is 5.41 Å². The molecule has 0 unspecified atom stereocenters. The van der Waals surface area contributed by atoms with Gasteiger partial charge in [0.1, 0.15) is 0 Å². The van der Waals surface area contributed by atoms with E-state index < -0.39 is 5.41 Å². The highest BCUT2D eigenvalue weighted by Gasteiger charge is 2.44. The minimum atomic E-state index is -0.410. The molecule has 0 fully saturated rings. The average Bonchev–Trinajstić information content (AvgIpc) is 3.00. The largest absolute Gasteiger partial charge is 0.411 e. The number of nitro groups is 1. The average molecular weight is 381 g/mol. The van der Waals surface area contributed by atoms with Gasteiger partial charge in [0, 0.05) is 17.0 Å². The molecule has 28 heavy (non-hydrogen) atoms. The molecular weight excluding hydrogens is 358 g/mol. The first-order valence-electron chi connectivity index (χ1n) is 9.20. The van der Waals surface area contributed by atoms with Crippen molar-refractivity contribution in [2.24, 2.45) is 10.3 Å². The maximum absolute atomic E-state index is 11.9. The third-order valence-electron chi connectivity index (χ3n) is 5.98. The standard InChI is InChI=1S/C21H23N3O4/c1-5-21(6-2)17-9-14(12(3)22-25)7-8-16(17)20-18(21)10-15(13(4)23-26)11-19(20)24(27)28/h7-11,25-26H,5-6H2,1-4H3/b22-12+,23-13+. The molecule has 0 heterocycles. The molecule has 0 bridgehead atoms. The van der Waals surface area contributed by atoms with E-state index in [4.69, 9.17) is 5.21 Å². The molecule has 0 spiro atoms. The van der Waals surface area contributed by atoms with Crippen molar-refractivity contribution >= 4 is 17.1 Å². The summed E-state index contributed by atoms with van der Waals surface area (Å²) in [7, 11) is 0. The van der Waals surface area contributed by atoms with E-state index in [1.54, 1.807) is 13.8 Å². The van der Waals surface area contributed by atoms with E-state index in [2.05, 4.69) is 24.2 Å². The molecule has 1 aliphatic carbocycles. The molecule has 0 radical (unpaired) electrons. The molecule has 0 aliphatic heterocycles. The van der Waals surface area contributed by atoms with Crippen LogP contribution in [0.5, 0.6) is 0 Å². The van der Waals surface area contributed by atoms with Crippen LogP contribution in [-0.4, -0.2) is 26.8 Å².